The molecule has 1 saturated heterocycles. The van der Waals surface area contributed by atoms with Crippen LogP contribution in [-0.4, -0.2) is 58.7 Å². The van der Waals surface area contributed by atoms with Crippen molar-refractivity contribution in [1.82, 2.24) is 25.3 Å². The first-order chi connectivity index (χ1) is 15.9. The fourth-order valence-corrected chi connectivity index (χ4v) is 3.81. The van der Waals surface area contributed by atoms with Crippen LogP contribution in [0.3, 0.4) is 0 Å². The maximum atomic E-state index is 12.4. The topological polar surface area (TPSA) is 112 Å². The summed E-state index contributed by atoms with van der Waals surface area (Å²) in [6, 6.07) is 9.71. The summed E-state index contributed by atoms with van der Waals surface area (Å²) in [5.41, 5.74) is 2.12. The molecule has 10 nitrogen and oxygen atoms in total. The summed E-state index contributed by atoms with van der Waals surface area (Å²) in [6.07, 6.45) is 1.27. The fourth-order valence-electron chi connectivity index (χ4n) is 3.81. The zero-order valence-electron chi connectivity index (χ0n) is 19.4. The van der Waals surface area contributed by atoms with E-state index < -0.39 is 11.7 Å². The summed E-state index contributed by atoms with van der Waals surface area (Å²) >= 11 is 0. The van der Waals surface area contributed by atoms with E-state index in [9.17, 15) is 4.79 Å². The molecule has 1 aromatic carbocycles. The minimum absolute atomic E-state index is 0.129. The number of methoxy groups -OCH3 is 1. The van der Waals surface area contributed by atoms with Gasteiger partial charge in [-0.2, -0.15) is 5.10 Å². The fraction of sp³-hybridized carbons (Fsp3) is 0.478. The molecule has 3 aromatic rings. The third-order valence-corrected chi connectivity index (χ3v) is 5.22. The van der Waals surface area contributed by atoms with Gasteiger partial charge in [-0.15, -0.1) is 10.2 Å². The van der Waals surface area contributed by atoms with Crippen molar-refractivity contribution in [2.75, 3.05) is 32.3 Å². The number of amides is 1. The third-order valence-electron chi connectivity index (χ3n) is 5.22. The van der Waals surface area contributed by atoms with Crippen molar-refractivity contribution in [1.29, 1.82) is 0 Å². The van der Waals surface area contributed by atoms with Gasteiger partial charge in [0.05, 0.1) is 17.3 Å². The molecule has 2 N–H and O–H groups in total. The molecule has 10 heteroatoms. The Labute approximate surface area is 192 Å². The predicted octanol–water partition coefficient (Wildman–Crippen LogP) is 3.75. The molecule has 1 fully saturated rings. The van der Waals surface area contributed by atoms with Crippen molar-refractivity contribution in [2.45, 2.75) is 45.3 Å². The van der Waals surface area contributed by atoms with Gasteiger partial charge < -0.3 is 19.5 Å². The van der Waals surface area contributed by atoms with E-state index in [1.807, 2.05) is 55.8 Å². The molecule has 0 atom stereocenters. The number of hydrogen-bond donors (Lipinski definition) is 2. The van der Waals surface area contributed by atoms with Gasteiger partial charge in [0.1, 0.15) is 11.4 Å². The minimum Gasteiger partial charge on any atom is -0.467 e. The largest absolute Gasteiger partial charge is 0.467 e. The average Bonchev–Trinajstić information content (AvgIpc) is 3.14. The molecule has 3 heterocycles. The standard InChI is InChI=1S/C23H30N6O4/c1-23(2,3)33-22(30)25-21-20-18(29(28-21)15-9-11-24-12-10-15)13-17(26-27-20)16-7-5-6-8-19(16)32-14-31-4/h5-8,13,15,24H,9-12,14H2,1-4H3,(H,25,28,30). The van der Waals surface area contributed by atoms with Gasteiger partial charge in [0.2, 0.25) is 0 Å². The third kappa shape index (κ3) is 5.40. The number of rotatable bonds is 6. The molecule has 33 heavy (non-hydrogen) atoms. The second kappa shape index (κ2) is 9.72. The Morgan fingerprint density at radius 2 is 1.97 bits per heavy atom. The number of aromatic nitrogens is 4. The second-order valence-corrected chi connectivity index (χ2v) is 8.91. The Balaban J connectivity index is 1.75. The molecule has 1 aliphatic rings. The lowest BCUT2D eigenvalue weighted by Gasteiger charge is -2.23. The van der Waals surface area contributed by atoms with Crippen LogP contribution in [0, 0.1) is 0 Å². The lowest BCUT2D eigenvalue weighted by atomic mass is 10.1. The Kier molecular flexibility index (Phi) is 6.75. The van der Waals surface area contributed by atoms with Gasteiger partial charge in [0.15, 0.2) is 18.1 Å². The van der Waals surface area contributed by atoms with Crippen molar-refractivity contribution >= 4 is 22.9 Å². The molecule has 0 aliphatic carbocycles. The van der Waals surface area contributed by atoms with Gasteiger partial charge in [-0.3, -0.25) is 10.00 Å². The van der Waals surface area contributed by atoms with E-state index in [-0.39, 0.29) is 12.8 Å². The van der Waals surface area contributed by atoms with Gasteiger partial charge in [0, 0.05) is 12.7 Å². The molecule has 1 aliphatic heterocycles. The van der Waals surface area contributed by atoms with E-state index in [2.05, 4.69) is 20.8 Å². The smallest absolute Gasteiger partial charge is 0.413 e. The number of carbonyl (C=O) groups is 1. The number of nitrogens with one attached hydrogen (secondary N) is 2. The highest BCUT2D eigenvalue weighted by Gasteiger charge is 2.25. The van der Waals surface area contributed by atoms with Crippen LogP contribution >= 0.6 is 0 Å². The number of ether oxygens (including phenoxy) is 3. The van der Waals surface area contributed by atoms with Crippen LogP contribution in [0.4, 0.5) is 10.6 Å². The van der Waals surface area contributed by atoms with E-state index >= 15 is 0 Å². The predicted molar refractivity (Wildman–Crippen MR) is 124 cm³/mol. The molecule has 0 unspecified atom stereocenters. The second-order valence-electron chi connectivity index (χ2n) is 8.91. The normalized spacial score (nSPS) is 14.9. The number of anilines is 1. The van der Waals surface area contributed by atoms with Crippen molar-refractivity contribution in [3.63, 3.8) is 0 Å². The Bertz CT molecular complexity index is 1120. The quantitative estimate of drug-likeness (QED) is 0.542. The van der Waals surface area contributed by atoms with E-state index in [1.54, 1.807) is 7.11 Å². The summed E-state index contributed by atoms with van der Waals surface area (Å²) in [4.78, 5) is 12.4. The van der Waals surface area contributed by atoms with E-state index in [1.165, 1.54) is 0 Å². The number of carbonyl (C=O) groups excluding carboxylic acids is 1. The molecule has 176 valence electrons. The van der Waals surface area contributed by atoms with Crippen LogP contribution in [0.1, 0.15) is 39.7 Å². The molecule has 0 radical (unpaired) electrons. The summed E-state index contributed by atoms with van der Waals surface area (Å²) in [5.74, 6) is 0.980. The number of para-hydroxylation sites is 1. The zero-order valence-corrected chi connectivity index (χ0v) is 19.4. The maximum Gasteiger partial charge on any atom is 0.413 e. The lowest BCUT2D eigenvalue weighted by Crippen LogP contribution is -2.30. The van der Waals surface area contributed by atoms with Crippen molar-refractivity contribution < 1.29 is 19.0 Å². The van der Waals surface area contributed by atoms with Crippen molar-refractivity contribution in [3.05, 3.63) is 30.3 Å². The minimum atomic E-state index is -0.623. The molecular weight excluding hydrogens is 424 g/mol. The van der Waals surface area contributed by atoms with E-state index in [4.69, 9.17) is 19.3 Å². The number of fused-ring (bicyclic) bond motifs is 1. The summed E-state index contributed by atoms with van der Waals surface area (Å²) < 4.78 is 18.1. The highest BCUT2D eigenvalue weighted by Crippen LogP contribution is 2.33. The number of piperidine rings is 1. The molecule has 0 saturated carbocycles. The van der Waals surface area contributed by atoms with Gasteiger partial charge in [0.25, 0.3) is 0 Å². The van der Waals surface area contributed by atoms with Crippen LogP contribution in [0.25, 0.3) is 22.3 Å². The van der Waals surface area contributed by atoms with E-state index in [0.717, 1.165) is 37.0 Å². The Morgan fingerprint density at radius 1 is 1.21 bits per heavy atom. The van der Waals surface area contributed by atoms with Crippen molar-refractivity contribution in [2.24, 2.45) is 0 Å². The van der Waals surface area contributed by atoms with Crippen LogP contribution in [0.5, 0.6) is 5.75 Å². The first kappa shape index (κ1) is 22.9. The molecule has 4 rings (SSSR count). The van der Waals surface area contributed by atoms with Gasteiger partial charge in [-0.25, -0.2) is 4.79 Å². The summed E-state index contributed by atoms with van der Waals surface area (Å²) in [5, 5.41) is 19.7. The molecule has 0 spiro atoms. The summed E-state index contributed by atoms with van der Waals surface area (Å²) in [7, 11) is 1.57. The Morgan fingerprint density at radius 3 is 2.70 bits per heavy atom. The van der Waals surface area contributed by atoms with Gasteiger partial charge in [-0.1, -0.05) is 12.1 Å². The average molecular weight is 455 g/mol. The maximum absolute atomic E-state index is 12.4. The molecule has 2 aromatic heterocycles. The van der Waals surface area contributed by atoms with E-state index in [0.29, 0.717) is 22.8 Å². The first-order valence-corrected chi connectivity index (χ1v) is 11.0. The highest BCUT2D eigenvalue weighted by molar-refractivity contribution is 5.96. The monoisotopic (exact) mass is 454 g/mol. The number of hydrogen-bond acceptors (Lipinski definition) is 8. The zero-order chi connectivity index (χ0) is 23.4. The van der Waals surface area contributed by atoms with Crippen molar-refractivity contribution in [3.8, 4) is 17.0 Å². The highest BCUT2D eigenvalue weighted by atomic mass is 16.7. The molecule has 1 amide bonds. The van der Waals surface area contributed by atoms with Crippen LogP contribution < -0.4 is 15.4 Å². The van der Waals surface area contributed by atoms with Gasteiger partial charge >= 0.3 is 6.09 Å². The van der Waals surface area contributed by atoms with Crippen LogP contribution in [0.2, 0.25) is 0 Å². The molecule has 0 bridgehead atoms. The first-order valence-electron chi connectivity index (χ1n) is 11.0. The lowest BCUT2D eigenvalue weighted by molar-refractivity contribution is 0.0515. The Hall–Kier alpha value is -3.24. The molecular formula is C23H30N6O4. The van der Waals surface area contributed by atoms with Gasteiger partial charge in [-0.05, 0) is 64.9 Å². The number of benzene rings is 1. The number of nitrogens with zero attached hydrogens (tertiary/aromatic N) is 4. The SMILES string of the molecule is COCOc1ccccc1-c1cc2c(nn1)c(NC(=O)OC(C)(C)C)nn2C1CCNCC1. The summed E-state index contributed by atoms with van der Waals surface area (Å²) in [6.45, 7) is 7.37. The van der Waals surface area contributed by atoms with Crippen LogP contribution in [-0.2, 0) is 9.47 Å². The van der Waals surface area contributed by atoms with Crippen LogP contribution in [0.15, 0.2) is 30.3 Å².